The molecule has 1 fully saturated rings. The Morgan fingerprint density at radius 1 is 0.932 bits per heavy atom. The molecule has 2 aromatic carbocycles. The molecule has 3 heterocycles. The number of piperazine rings is 1. The van der Waals surface area contributed by atoms with Crippen molar-refractivity contribution in [2.24, 2.45) is 0 Å². The van der Waals surface area contributed by atoms with Crippen LogP contribution in [0.4, 0.5) is 23.8 Å². The fourth-order valence-corrected chi connectivity index (χ4v) is 6.17. The van der Waals surface area contributed by atoms with Gasteiger partial charge in [0.25, 0.3) is 0 Å². The van der Waals surface area contributed by atoms with Crippen molar-refractivity contribution in [1.82, 2.24) is 19.9 Å². The van der Waals surface area contributed by atoms with Gasteiger partial charge in [0, 0.05) is 42.7 Å². The summed E-state index contributed by atoms with van der Waals surface area (Å²) in [4.78, 5) is 41.2. The Bertz CT molecular complexity index is 1780. The van der Waals surface area contributed by atoms with E-state index in [1.807, 2.05) is 4.90 Å². The summed E-state index contributed by atoms with van der Waals surface area (Å²) in [6.07, 6.45) is 0.516. The van der Waals surface area contributed by atoms with Crippen LogP contribution in [0.25, 0.3) is 32.2 Å². The van der Waals surface area contributed by atoms with Gasteiger partial charge in [-0.25, -0.2) is 32.9 Å². The minimum atomic E-state index is -1.22. The van der Waals surface area contributed by atoms with Crippen molar-refractivity contribution in [3.63, 3.8) is 0 Å². The third kappa shape index (κ3) is 6.53. The normalized spacial score (nSPS) is 14.4. The van der Waals surface area contributed by atoms with Gasteiger partial charge in [0.1, 0.15) is 33.9 Å². The lowest BCUT2D eigenvalue weighted by molar-refractivity contribution is -0.153. The van der Waals surface area contributed by atoms with Gasteiger partial charge in [0.05, 0.1) is 21.7 Å². The molecule has 1 aliphatic heterocycles. The van der Waals surface area contributed by atoms with Crippen molar-refractivity contribution in [2.75, 3.05) is 31.1 Å². The standard InChI is InChI=1S/C30H31ClF3N5O4S/c1-29(2,3)42-20(40)13-19-37-25-15(12-18(32)22(33)26(25)44-19)21-17(31)11-16-24(23(21)34)35-14-36-27(16)38-7-9-39(10-8-38)28(41)43-30(4,5)6/h11-12,14H,7-10,13H2,1-6H3. The van der Waals surface area contributed by atoms with Gasteiger partial charge >= 0.3 is 12.1 Å². The topological polar surface area (TPSA) is 97.8 Å². The summed E-state index contributed by atoms with van der Waals surface area (Å²) in [6, 6.07) is 2.31. The molecular formula is C30H31ClF3N5O4S. The molecule has 0 atom stereocenters. The Morgan fingerprint density at radius 3 is 2.23 bits per heavy atom. The van der Waals surface area contributed by atoms with Crippen molar-refractivity contribution in [2.45, 2.75) is 59.2 Å². The number of benzene rings is 2. The number of fused-ring (bicyclic) bond motifs is 2. The first-order chi connectivity index (χ1) is 20.5. The van der Waals surface area contributed by atoms with Crippen LogP contribution in [0.1, 0.15) is 46.6 Å². The number of anilines is 1. The van der Waals surface area contributed by atoms with E-state index < -0.39 is 40.7 Å². The summed E-state index contributed by atoms with van der Waals surface area (Å²) >= 11 is 7.42. The van der Waals surface area contributed by atoms with Gasteiger partial charge in [0.15, 0.2) is 17.5 Å². The van der Waals surface area contributed by atoms with Crippen molar-refractivity contribution in [3.05, 3.63) is 45.9 Å². The third-order valence-corrected chi connectivity index (χ3v) is 7.97. The largest absolute Gasteiger partial charge is 0.460 e. The van der Waals surface area contributed by atoms with Crippen LogP contribution in [0.15, 0.2) is 18.5 Å². The summed E-state index contributed by atoms with van der Waals surface area (Å²) in [5.74, 6) is -3.43. The van der Waals surface area contributed by atoms with Gasteiger partial charge in [-0.3, -0.25) is 4.79 Å². The van der Waals surface area contributed by atoms with E-state index in [0.717, 1.165) is 17.4 Å². The molecule has 1 amide bonds. The first kappa shape index (κ1) is 31.7. The molecule has 0 spiro atoms. The fraction of sp³-hybridized carbons (Fsp3) is 0.433. The summed E-state index contributed by atoms with van der Waals surface area (Å²) in [6.45, 7) is 12.0. The Morgan fingerprint density at radius 2 is 1.59 bits per heavy atom. The highest BCUT2D eigenvalue weighted by Gasteiger charge is 2.29. The molecule has 0 bridgehead atoms. The van der Waals surface area contributed by atoms with Crippen LogP contribution >= 0.6 is 22.9 Å². The molecular weight excluding hydrogens is 619 g/mol. The number of carbonyl (C=O) groups is 2. The summed E-state index contributed by atoms with van der Waals surface area (Å²) < 4.78 is 56.6. The minimum absolute atomic E-state index is 0.0415. The van der Waals surface area contributed by atoms with Gasteiger partial charge in [-0.2, -0.15) is 0 Å². The minimum Gasteiger partial charge on any atom is -0.460 e. The molecule has 0 unspecified atom stereocenters. The molecule has 234 valence electrons. The zero-order valence-electron chi connectivity index (χ0n) is 25.1. The number of nitrogens with zero attached hydrogens (tertiary/aromatic N) is 5. The number of halogens is 4. The van der Waals surface area contributed by atoms with Crippen molar-refractivity contribution in [1.29, 1.82) is 0 Å². The smallest absolute Gasteiger partial charge is 0.410 e. The molecule has 1 aliphatic rings. The highest BCUT2D eigenvalue weighted by Crippen LogP contribution is 2.42. The molecule has 1 saturated heterocycles. The highest BCUT2D eigenvalue weighted by atomic mass is 35.5. The summed E-state index contributed by atoms with van der Waals surface area (Å²) in [5, 5.41) is 0.395. The number of amides is 1. The zero-order valence-corrected chi connectivity index (χ0v) is 26.6. The number of rotatable bonds is 4. The molecule has 14 heteroatoms. The van der Waals surface area contributed by atoms with E-state index >= 15 is 4.39 Å². The number of thiazole rings is 1. The van der Waals surface area contributed by atoms with Crippen LogP contribution in [0.2, 0.25) is 5.02 Å². The van der Waals surface area contributed by atoms with Gasteiger partial charge in [0.2, 0.25) is 0 Å². The molecule has 0 radical (unpaired) electrons. The van der Waals surface area contributed by atoms with E-state index in [1.165, 1.54) is 12.4 Å². The molecule has 4 aromatic rings. The molecule has 9 nitrogen and oxygen atoms in total. The van der Waals surface area contributed by atoms with Gasteiger partial charge < -0.3 is 19.3 Å². The third-order valence-electron chi connectivity index (χ3n) is 6.62. The number of aromatic nitrogens is 3. The van der Waals surface area contributed by atoms with E-state index in [9.17, 15) is 18.4 Å². The van der Waals surface area contributed by atoms with Gasteiger partial charge in [-0.05, 0) is 53.7 Å². The van der Waals surface area contributed by atoms with E-state index in [1.54, 1.807) is 46.4 Å². The van der Waals surface area contributed by atoms with Crippen LogP contribution in [0.5, 0.6) is 0 Å². The molecule has 44 heavy (non-hydrogen) atoms. The summed E-state index contributed by atoms with van der Waals surface area (Å²) in [7, 11) is 0. The van der Waals surface area contributed by atoms with Gasteiger partial charge in [-0.15, -0.1) is 11.3 Å². The predicted octanol–water partition coefficient (Wildman–Crippen LogP) is 6.92. The van der Waals surface area contributed by atoms with E-state index in [4.69, 9.17) is 21.1 Å². The Kier molecular flexibility index (Phi) is 8.40. The predicted molar refractivity (Wildman–Crippen MR) is 163 cm³/mol. The highest BCUT2D eigenvalue weighted by molar-refractivity contribution is 7.18. The SMILES string of the molecule is CC(C)(C)OC(=O)Cc1nc2c(-c3c(Cl)cc4c(N5CCN(C(=O)OC(C)(C)C)CC5)ncnc4c3F)cc(F)c(F)c2s1. The maximum atomic E-state index is 16.3. The molecule has 2 aromatic heterocycles. The number of carbonyl (C=O) groups excluding carboxylic acids is 2. The van der Waals surface area contributed by atoms with Crippen LogP contribution in [-0.2, 0) is 20.7 Å². The number of hydrogen-bond donors (Lipinski definition) is 0. The lowest BCUT2D eigenvalue weighted by Crippen LogP contribution is -2.50. The van der Waals surface area contributed by atoms with Crippen LogP contribution in [0, 0.1) is 17.5 Å². The molecule has 0 saturated carbocycles. The van der Waals surface area contributed by atoms with Crippen molar-refractivity contribution < 1.29 is 32.2 Å². The number of hydrogen-bond acceptors (Lipinski definition) is 9. The number of ether oxygens (including phenoxy) is 2. The first-order valence-corrected chi connectivity index (χ1v) is 15.1. The Hall–Kier alpha value is -3.71. The quantitative estimate of drug-likeness (QED) is 0.220. The molecule has 5 rings (SSSR count). The maximum Gasteiger partial charge on any atom is 0.410 e. The van der Waals surface area contributed by atoms with Gasteiger partial charge in [-0.1, -0.05) is 11.6 Å². The summed E-state index contributed by atoms with van der Waals surface area (Å²) in [5.41, 5.74) is -1.78. The lowest BCUT2D eigenvalue weighted by Gasteiger charge is -2.36. The average molecular weight is 650 g/mol. The van der Waals surface area contributed by atoms with Crippen LogP contribution < -0.4 is 4.90 Å². The van der Waals surface area contributed by atoms with E-state index in [0.29, 0.717) is 37.4 Å². The Labute approximate surface area is 260 Å². The number of esters is 1. The second kappa shape index (κ2) is 11.7. The fourth-order valence-electron chi connectivity index (χ4n) is 4.87. The van der Waals surface area contributed by atoms with E-state index in [-0.39, 0.29) is 43.3 Å². The van der Waals surface area contributed by atoms with Crippen LogP contribution in [0.3, 0.4) is 0 Å². The van der Waals surface area contributed by atoms with E-state index in [2.05, 4.69) is 15.0 Å². The second-order valence-corrected chi connectivity index (χ2v) is 13.9. The van der Waals surface area contributed by atoms with Crippen LogP contribution in [-0.4, -0.2) is 69.3 Å². The second-order valence-electron chi connectivity index (χ2n) is 12.4. The first-order valence-electron chi connectivity index (χ1n) is 13.9. The zero-order chi connectivity index (χ0) is 32.1. The lowest BCUT2D eigenvalue weighted by atomic mass is 10.0. The molecule has 0 N–H and O–H groups in total. The molecule has 0 aliphatic carbocycles. The monoisotopic (exact) mass is 649 g/mol. The maximum absolute atomic E-state index is 16.3. The Balaban J connectivity index is 1.51. The average Bonchev–Trinajstić information content (AvgIpc) is 3.33. The van der Waals surface area contributed by atoms with Crippen molar-refractivity contribution in [3.8, 4) is 11.1 Å². The van der Waals surface area contributed by atoms with Crippen molar-refractivity contribution >= 4 is 61.9 Å².